The molecule has 0 fully saturated rings. The lowest BCUT2D eigenvalue weighted by Gasteiger charge is -2.13. The summed E-state index contributed by atoms with van der Waals surface area (Å²) in [4.78, 5) is 26.1. The SMILES string of the molecule is Cc1csc(C(C)Nc2cc(C(N)=O)ccc2[N+](=O)[O-])n1. The fourth-order valence-electron chi connectivity index (χ4n) is 1.83. The zero-order valence-electron chi connectivity index (χ0n) is 11.5. The van der Waals surface area contributed by atoms with E-state index in [-0.39, 0.29) is 23.0 Å². The number of nitrogens with zero attached hydrogens (tertiary/aromatic N) is 2. The largest absolute Gasteiger partial charge is 0.371 e. The highest BCUT2D eigenvalue weighted by Crippen LogP contribution is 2.30. The molecule has 1 unspecified atom stereocenters. The van der Waals surface area contributed by atoms with Crippen LogP contribution in [0.4, 0.5) is 11.4 Å². The minimum atomic E-state index is -0.634. The van der Waals surface area contributed by atoms with Crippen molar-refractivity contribution in [3.05, 3.63) is 50.0 Å². The van der Waals surface area contributed by atoms with Crippen LogP contribution >= 0.6 is 11.3 Å². The van der Waals surface area contributed by atoms with E-state index >= 15 is 0 Å². The van der Waals surface area contributed by atoms with Gasteiger partial charge in [-0.2, -0.15) is 0 Å². The van der Waals surface area contributed by atoms with Crippen LogP contribution in [0.15, 0.2) is 23.6 Å². The number of amides is 1. The number of hydrogen-bond donors (Lipinski definition) is 2. The van der Waals surface area contributed by atoms with Gasteiger partial charge in [0.2, 0.25) is 5.91 Å². The van der Waals surface area contributed by atoms with Crippen LogP contribution in [-0.4, -0.2) is 15.8 Å². The maximum atomic E-state index is 11.2. The highest BCUT2D eigenvalue weighted by molar-refractivity contribution is 7.09. The Hall–Kier alpha value is -2.48. The molecule has 8 heteroatoms. The lowest BCUT2D eigenvalue weighted by Crippen LogP contribution is -2.13. The summed E-state index contributed by atoms with van der Waals surface area (Å²) in [7, 11) is 0. The zero-order chi connectivity index (χ0) is 15.6. The molecule has 0 aliphatic heterocycles. The maximum Gasteiger partial charge on any atom is 0.292 e. The Labute approximate surface area is 125 Å². The van der Waals surface area contributed by atoms with Gasteiger partial charge in [0.15, 0.2) is 0 Å². The van der Waals surface area contributed by atoms with Gasteiger partial charge in [-0.3, -0.25) is 14.9 Å². The Bertz CT molecular complexity index is 698. The summed E-state index contributed by atoms with van der Waals surface area (Å²) in [5, 5.41) is 16.8. The minimum Gasteiger partial charge on any atom is -0.371 e. The molecule has 21 heavy (non-hydrogen) atoms. The third-order valence-electron chi connectivity index (χ3n) is 2.86. The summed E-state index contributed by atoms with van der Waals surface area (Å²) in [6.45, 7) is 3.72. The molecule has 0 spiro atoms. The van der Waals surface area contributed by atoms with Crippen LogP contribution in [0, 0.1) is 17.0 Å². The van der Waals surface area contributed by atoms with Crippen molar-refractivity contribution in [3.63, 3.8) is 0 Å². The number of nitrogens with one attached hydrogen (secondary N) is 1. The van der Waals surface area contributed by atoms with E-state index in [9.17, 15) is 14.9 Å². The molecule has 1 atom stereocenters. The van der Waals surface area contributed by atoms with Gasteiger partial charge >= 0.3 is 0 Å². The number of aromatic nitrogens is 1. The first-order chi connectivity index (χ1) is 9.88. The molecule has 0 saturated carbocycles. The van der Waals surface area contributed by atoms with Crippen LogP contribution in [-0.2, 0) is 0 Å². The molecule has 2 rings (SSSR count). The predicted octanol–water partition coefficient (Wildman–Crippen LogP) is 2.63. The van der Waals surface area contributed by atoms with Gasteiger partial charge in [0.1, 0.15) is 10.7 Å². The molecule has 0 saturated heterocycles. The first-order valence-electron chi connectivity index (χ1n) is 6.15. The second kappa shape index (κ2) is 5.88. The maximum absolute atomic E-state index is 11.2. The van der Waals surface area contributed by atoms with Gasteiger partial charge in [-0.15, -0.1) is 11.3 Å². The standard InChI is InChI=1S/C13H14N4O3S/c1-7-6-21-13(15-7)8(2)16-10-5-9(12(14)18)3-4-11(10)17(19)20/h3-6,8,16H,1-2H3,(H2,14,18). The quantitative estimate of drug-likeness (QED) is 0.651. The van der Waals surface area contributed by atoms with E-state index in [2.05, 4.69) is 10.3 Å². The van der Waals surface area contributed by atoms with Crippen molar-refractivity contribution >= 4 is 28.6 Å². The third kappa shape index (κ3) is 3.34. The molecule has 0 radical (unpaired) electrons. The zero-order valence-corrected chi connectivity index (χ0v) is 12.3. The van der Waals surface area contributed by atoms with Crippen LogP contribution in [0.3, 0.4) is 0 Å². The Morgan fingerprint density at radius 2 is 2.24 bits per heavy atom. The van der Waals surface area contributed by atoms with E-state index < -0.39 is 10.8 Å². The number of carbonyl (C=O) groups excluding carboxylic acids is 1. The second-order valence-corrected chi connectivity index (χ2v) is 5.44. The molecule has 2 aromatic rings. The number of thiazole rings is 1. The predicted molar refractivity (Wildman–Crippen MR) is 80.5 cm³/mol. The molecule has 7 nitrogen and oxygen atoms in total. The highest BCUT2D eigenvalue weighted by atomic mass is 32.1. The van der Waals surface area contributed by atoms with Gasteiger partial charge in [0, 0.05) is 22.7 Å². The summed E-state index contributed by atoms with van der Waals surface area (Å²) in [6, 6.07) is 3.77. The monoisotopic (exact) mass is 306 g/mol. The fraction of sp³-hybridized carbons (Fsp3) is 0.231. The normalized spacial score (nSPS) is 11.9. The number of aryl methyl sites for hydroxylation is 1. The number of nitrogens with two attached hydrogens (primary N) is 1. The van der Waals surface area contributed by atoms with Gasteiger partial charge < -0.3 is 11.1 Å². The first-order valence-corrected chi connectivity index (χ1v) is 7.03. The molecular formula is C13H14N4O3S. The molecular weight excluding hydrogens is 292 g/mol. The van der Waals surface area contributed by atoms with E-state index in [0.29, 0.717) is 0 Å². The molecule has 110 valence electrons. The van der Waals surface area contributed by atoms with E-state index in [1.807, 2.05) is 19.2 Å². The number of rotatable bonds is 5. The van der Waals surface area contributed by atoms with Crippen molar-refractivity contribution in [2.45, 2.75) is 19.9 Å². The van der Waals surface area contributed by atoms with Crippen LogP contribution < -0.4 is 11.1 Å². The number of benzene rings is 1. The van der Waals surface area contributed by atoms with Crippen LogP contribution in [0.5, 0.6) is 0 Å². The van der Waals surface area contributed by atoms with Crippen LogP contribution in [0.1, 0.15) is 34.0 Å². The Kier molecular flexibility index (Phi) is 4.18. The molecule has 0 bridgehead atoms. The van der Waals surface area contributed by atoms with Gasteiger partial charge in [-0.05, 0) is 26.0 Å². The van der Waals surface area contributed by atoms with Crippen LogP contribution in [0.2, 0.25) is 0 Å². The van der Waals surface area contributed by atoms with Crippen molar-refractivity contribution in [3.8, 4) is 0 Å². The van der Waals surface area contributed by atoms with Crippen molar-refractivity contribution in [2.75, 3.05) is 5.32 Å². The fourth-order valence-corrected chi connectivity index (χ4v) is 2.63. The summed E-state index contributed by atoms with van der Waals surface area (Å²) < 4.78 is 0. The van der Waals surface area contributed by atoms with Crippen molar-refractivity contribution in [1.82, 2.24) is 4.98 Å². The van der Waals surface area contributed by atoms with E-state index in [1.165, 1.54) is 29.5 Å². The van der Waals surface area contributed by atoms with Gasteiger partial charge in [0.25, 0.3) is 5.69 Å². The summed E-state index contributed by atoms with van der Waals surface area (Å²) in [5.41, 5.74) is 6.45. The summed E-state index contributed by atoms with van der Waals surface area (Å²) in [5.74, 6) is -0.634. The Balaban J connectivity index is 2.34. The average molecular weight is 306 g/mol. The molecule has 0 aliphatic rings. The third-order valence-corrected chi connectivity index (χ3v) is 4.00. The molecule has 3 N–H and O–H groups in total. The molecule has 1 aromatic carbocycles. The van der Waals surface area contributed by atoms with E-state index in [4.69, 9.17) is 5.73 Å². The van der Waals surface area contributed by atoms with Crippen molar-refractivity contribution in [1.29, 1.82) is 0 Å². The highest BCUT2D eigenvalue weighted by Gasteiger charge is 2.19. The smallest absolute Gasteiger partial charge is 0.292 e. The average Bonchev–Trinajstić information content (AvgIpc) is 2.85. The van der Waals surface area contributed by atoms with Crippen molar-refractivity contribution < 1.29 is 9.72 Å². The van der Waals surface area contributed by atoms with Gasteiger partial charge in [-0.25, -0.2) is 4.98 Å². The Morgan fingerprint density at radius 1 is 1.52 bits per heavy atom. The first kappa shape index (κ1) is 14.9. The van der Waals surface area contributed by atoms with Gasteiger partial charge in [-0.1, -0.05) is 0 Å². The van der Waals surface area contributed by atoms with Crippen molar-refractivity contribution in [2.24, 2.45) is 5.73 Å². The number of nitro groups is 1. The van der Waals surface area contributed by atoms with E-state index in [0.717, 1.165) is 10.7 Å². The lowest BCUT2D eigenvalue weighted by molar-refractivity contribution is -0.384. The topological polar surface area (TPSA) is 111 Å². The number of primary amides is 1. The Morgan fingerprint density at radius 3 is 2.76 bits per heavy atom. The van der Waals surface area contributed by atoms with E-state index in [1.54, 1.807) is 0 Å². The molecule has 1 amide bonds. The number of carbonyl (C=O) groups is 1. The van der Waals surface area contributed by atoms with Crippen LogP contribution in [0.25, 0.3) is 0 Å². The lowest BCUT2D eigenvalue weighted by atomic mass is 10.1. The molecule has 1 heterocycles. The molecule has 1 aromatic heterocycles. The second-order valence-electron chi connectivity index (χ2n) is 4.55. The summed E-state index contributed by atoms with van der Waals surface area (Å²) in [6.07, 6.45) is 0. The number of hydrogen-bond acceptors (Lipinski definition) is 6. The minimum absolute atomic E-state index is 0.111. The van der Waals surface area contributed by atoms with Gasteiger partial charge in [0.05, 0.1) is 11.0 Å². The number of nitro benzene ring substituents is 1. The summed E-state index contributed by atoms with van der Waals surface area (Å²) >= 11 is 1.47. The number of anilines is 1. The molecule has 0 aliphatic carbocycles.